The molecule has 0 saturated heterocycles. The summed E-state index contributed by atoms with van der Waals surface area (Å²) in [6, 6.07) is 5.13. The van der Waals surface area contributed by atoms with Gasteiger partial charge in [-0.05, 0) is 130 Å². The fourth-order valence-corrected chi connectivity index (χ4v) is 13.3. The summed E-state index contributed by atoms with van der Waals surface area (Å²) in [6.45, 7) is 20.9. The lowest BCUT2D eigenvalue weighted by molar-refractivity contribution is -0.233. The van der Waals surface area contributed by atoms with E-state index in [2.05, 4.69) is 53.8 Å². The number of Topliss-reactive ketones (excluding diaryl/α,β-unsaturated/α-hetero) is 1. The molecule has 52 heavy (non-hydrogen) atoms. The Morgan fingerprint density at radius 1 is 1.00 bits per heavy atom. The Morgan fingerprint density at radius 2 is 1.71 bits per heavy atom. The Hall–Kier alpha value is -2.25. The molecule has 2 N–H and O–H groups in total. The Bertz CT molecular complexity index is 1650. The van der Waals surface area contributed by atoms with Crippen molar-refractivity contribution < 1.29 is 28.6 Å². The molecule has 0 amide bonds. The van der Waals surface area contributed by atoms with Crippen molar-refractivity contribution in [3.8, 4) is 0 Å². The van der Waals surface area contributed by atoms with Crippen LogP contribution in [-0.4, -0.2) is 35.5 Å². The molecule has 4 saturated carbocycles. The number of nitrogens with one attached hydrogen (secondary N) is 1. The maximum atomic E-state index is 14.6. The standard InChI is InChI=1S/C44H63ClFNO5/c1-26(2)35-30(48)23-44(21-22-47-25-27-11-10-12-29(45)37(27)46)20-19-42(8)28(36(35)44)13-14-32-41(7)17-16-33(52-34(49)24-39(3,4)38(50)51)40(5,6)31(41)15-18-43(32,42)9/h10-12,26,28,31-33,47H,13-25H2,1-9H3,(H,50,51). The lowest BCUT2D eigenvalue weighted by Crippen LogP contribution is -2.65. The molecule has 1 aromatic carbocycles. The van der Waals surface area contributed by atoms with E-state index in [1.807, 2.05) is 0 Å². The van der Waals surface area contributed by atoms with Crippen LogP contribution in [0, 0.1) is 62.0 Å². The molecule has 4 fully saturated rings. The summed E-state index contributed by atoms with van der Waals surface area (Å²) in [6.07, 6.45) is 9.37. The van der Waals surface area contributed by atoms with E-state index in [-0.39, 0.29) is 56.4 Å². The maximum absolute atomic E-state index is 14.6. The minimum absolute atomic E-state index is 0.0563. The van der Waals surface area contributed by atoms with Crippen molar-refractivity contribution in [3.63, 3.8) is 0 Å². The van der Waals surface area contributed by atoms with Gasteiger partial charge in [-0.1, -0.05) is 77.8 Å². The summed E-state index contributed by atoms with van der Waals surface area (Å²) >= 11 is 6.05. The fraction of sp³-hybridized carbons (Fsp3) is 0.750. The number of allylic oxidation sites excluding steroid dienone is 2. The van der Waals surface area contributed by atoms with Gasteiger partial charge in [0.15, 0.2) is 5.78 Å². The van der Waals surface area contributed by atoms with Gasteiger partial charge in [-0.3, -0.25) is 14.4 Å². The summed E-state index contributed by atoms with van der Waals surface area (Å²) in [4.78, 5) is 38.8. The number of ketones is 1. The molecule has 1 aromatic rings. The van der Waals surface area contributed by atoms with Crippen LogP contribution in [0.3, 0.4) is 0 Å². The van der Waals surface area contributed by atoms with Crippen LogP contribution in [0.1, 0.15) is 139 Å². The van der Waals surface area contributed by atoms with Crippen LogP contribution in [0.5, 0.6) is 0 Å². The first-order valence-corrected chi connectivity index (χ1v) is 20.4. The highest BCUT2D eigenvalue weighted by Crippen LogP contribution is 2.77. The quantitative estimate of drug-likeness (QED) is 0.183. The van der Waals surface area contributed by atoms with Gasteiger partial charge in [-0.2, -0.15) is 0 Å². The Kier molecular flexibility index (Phi) is 10.2. The molecule has 8 atom stereocenters. The molecule has 6 nitrogen and oxygen atoms in total. The van der Waals surface area contributed by atoms with E-state index >= 15 is 0 Å². The summed E-state index contributed by atoms with van der Waals surface area (Å²) in [5.41, 5.74) is 1.82. The van der Waals surface area contributed by atoms with Crippen LogP contribution in [0.15, 0.2) is 29.3 Å². The summed E-state index contributed by atoms with van der Waals surface area (Å²) < 4.78 is 20.8. The van der Waals surface area contributed by atoms with Crippen molar-refractivity contribution in [1.29, 1.82) is 0 Å². The van der Waals surface area contributed by atoms with Crippen LogP contribution in [-0.2, 0) is 25.7 Å². The first-order valence-electron chi connectivity index (χ1n) is 20.0. The number of benzene rings is 1. The minimum atomic E-state index is -1.16. The number of hydrogen-bond donors (Lipinski definition) is 2. The van der Waals surface area contributed by atoms with Crippen LogP contribution >= 0.6 is 11.6 Å². The highest BCUT2D eigenvalue weighted by Gasteiger charge is 2.70. The smallest absolute Gasteiger partial charge is 0.309 e. The maximum Gasteiger partial charge on any atom is 0.309 e. The fourth-order valence-electron chi connectivity index (χ4n) is 13.1. The zero-order valence-electron chi connectivity index (χ0n) is 33.1. The van der Waals surface area contributed by atoms with Gasteiger partial charge in [-0.15, -0.1) is 0 Å². The van der Waals surface area contributed by atoms with E-state index < -0.39 is 17.4 Å². The third-order valence-electron chi connectivity index (χ3n) is 16.1. The molecule has 0 bridgehead atoms. The number of fused-ring (bicyclic) bond motifs is 7. The van der Waals surface area contributed by atoms with Crippen LogP contribution in [0.25, 0.3) is 0 Å². The molecule has 288 valence electrons. The predicted octanol–water partition coefficient (Wildman–Crippen LogP) is 10.4. The second-order valence-electron chi connectivity index (χ2n) is 19.8. The predicted molar refractivity (Wildman–Crippen MR) is 203 cm³/mol. The first-order chi connectivity index (χ1) is 24.1. The summed E-state index contributed by atoms with van der Waals surface area (Å²) in [5, 5.41) is 13.2. The number of halogens is 2. The zero-order chi connectivity index (χ0) is 38.2. The molecule has 0 spiro atoms. The largest absolute Gasteiger partial charge is 0.481 e. The molecule has 0 radical (unpaired) electrons. The lowest BCUT2D eigenvalue weighted by Gasteiger charge is -2.72. The van der Waals surface area contributed by atoms with Gasteiger partial charge in [0.1, 0.15) is 11.9 Å². The average Bonchev–Trinajstić information content (AvgIpc) is 3.35. The molecule has 0 aromatic heterocycles. The van der Waals surface area contributed by atoms with Gasteiger partial charge in [0, 0.05) is 29.4 Å². The number of hydrogen-bond acceptors (Lipinski definition) is 5. The van der Waals surface area contributed by atoms with Crippen LogP contribution in [0.2, 0.25) is 5.02 Å². The van der Waals surface area contributed by atoms with Gasteiger partial charge in [0.2, 0.25) is 0 Å². The van der Waals surface area contributed by atoms with E-state index in [9.17, 15) is 23.9 Å². The van der Waals surface area contributed by atoms with E-state index in [1.165, 1.54) is 5.57 Å². The molecule has 5 aliphatic rings. The molecular weight excluding hydrogens is 677 g/mol. The molecular formula is C44H63ClFNO5. The van der Waals surface area contributed by atoms with Crippen LogP contribution < -0.4 is 5.32 Å². The van der Waals surface area contributed by atoms with E-state index in [0.29, 0.717) is 48.6 Å². The van der Waals surface area contributed by atoms with Crippen molar-refractivity contribution >= 4 is 29.3 Å². The summed E-state index contributed by atoms with van der Waals surface area (Å²) in [5.74, 6) is 0.000384. The van der Waals surface area contributed by atoms with E-state index in [4.69, 9.17) is 16.3 Å². The van der Waals surface area contributed by atoms with Crippen molar-refractivity contribution in [2.24, 2.45) is 56.2 Å². The molecule has 6 rings (SSSR count). The van der Waals surface area contributed by atoms with Gasteiger partial charge in [-0.25, -0.2) is 4.39 Å². The lowest BCUT2D eigenvalue weighted by atomic mass is 9.33. The number of rotatable bonds is 10. The van der Waals surface area contributed by atoms with E-state index in [0.717, 1.165) is 63.4 Å². The second-order valence-corrected chi connectivity index (χ2v) is 20.2. The third-order valence-corrected chi connectivity index (χ3v) is 16.4. The SMILES string of the molecule is CC(C)C1=C2C3CCC4C5(C)CCC(OC(=O)CC(C)(C)C(=O)O)C(C)(C)C5CCC4(C)C3(C)CCC2(CCNCc2cccc(Cl)c2F)CC1=O. The number of esters is 1. The van der Waals surface area contributed by atoms with Gasteiger partial charge < -0.3 is 15.2 Å². The summed E-state index contributed by atoms with van der Waals surface area (Å²) in [7, 11) is 0. The first kappa shape index (κ1) is 39.4. The minimum Gasteiger partial charge on any atom is -0.481 e. The highest BCUT2D eigenvalue weighted by molar-refractivity contribution is 6.30. The topological polar surface area (TPSA) is 92.7 Å². The van der Waals surface area contributed by atoms with Gasteiger partial charge in [0.05, 0.1) is 16.9 Å². The average molecular weight is 740 g/mol. The molecule has 0 heterocycles. The van der Waals surface area contributed by atoms with Crippen LogP contribution in [0.4, 0.5) is 4.39 Å². The molecule has 8 unspecified atom stereocenters. The second kappa shape index (κ2) is 13.5. The van der Waals surface area contributed by atoms with Crippen molar-refractivity contribution in [2.75, 3.05) is 6.54 Å². The van der Waals surface area contributed by atoms with Crippen molar-refractivity contribution in [2.45, 2.75) is 146 Å². The molecule has 5 aliphatic carbocycles. The number of carboxylic acids is 1. The number of carboxylic acid groups (broad SMARTS) is 1. The monoisotopic (exact) mass is 739 g/mol. The van der Waals surface area contributed by atoms with E-state index in [1.54, 1.807) is 32.0 Å². The normalized spacial score (nSPS) is 36.9. The number of carbonyl (C=O) groups excluding carboxylic acids is 2. The van der Waals surface area contributed by atoms with Crippen molar-refractivity contribution in [3.05, 3.63) is 45.7 Å². The number of ether oxygens (including phenoxy) is 1. The van der Waals surface area contributed by atoms with Gasteiger partial charge in [0.25, 0.3) is 0 Å². The Labute approximate surface area is 316 Å². The number of carbonyl (C=O) groups is 3. The van der Waals surface area contributed by atoms with Gasteiger partial charge >= 0.3 is 11.9 Å². The Morgan fingerprint density at radius 3 is 2.38 bits per heavy atom. The van der Waals surface area contributed by atoms with Crippen molar-refractivity contribution in [1.82, 2.24) is 5.32 Å². The zero-order valence-corrected chi connectivity index (χ0v) is 33.9. The highest BCUT2D eigenvalue weighted by atomic mass is 35.5. The third kappa shape index (κ3) is 6.10. The Balaban J connectivity index is 1.24. The number of aliphatic carboxylic acids is 1. The molecule has 8 heteroatoms. The molecule has 0 aliphatic heterocycles.